The van der Waals surface area contributed by atoms with E-state index in [2.05, 4.69) is 15.6 Å². The van der Waals surface area contributed by atoms with Crippen LogP contribution in [0.2, 0.25) is 0 Å². The first-order valence-electron chi connectivity index (χ1n) is 15.0. The van der Waals surface area contributed by atoms with Crippen LogP contribution in [0, 0.1) is 0 Å². The predicted octanol–water partition coefficient (Wildman–Crippen LogP) is 2.42. The molecule has 3 aliphatic rings. The summed E-state index contributed by atoms with van der Waals surface area (Å²) in [7, 11) is 0. The molecule has 6 rings (SSSR count). The molecule has 3 aliphatic heterocycles. The Balaban J connectivity index is 1.29. The number of aliphatic hydroxyl groups excluding tert-OH is 2. The number of aromatic nitrogens is 1. The van der Waals surface area contributed by atoms with E-state index in [1.807, 2.05) is 59.5 Å². The Kier molecular flexibility index (Phi) is 8.99. The number of hydrogen-bond acceptors (Lipinski definition) is 8. The molecule has 226 valence electrons. The lowest BCUT2D eigenvalue weighted by atomic mass is 9.99. The van der Waals surface area contributed by atoms with Crippen LogP contribution >= 0.6 is 0 Å². The molecule has 2 aromatic carbocycles. The Bertz CT molecular complexity index is 1420. The van der Waals surface area contributed by atoms with Gasteiger partial charge < -0.3 is 30.3 Å². The molecule has 10 nitrogen and oxygen atoms in total. The van der Waals surface area contributed by atoms with Crippen molar-refractivity contribution < 1.29 is 29.3 Å². The van der Waals surface area contributed by atoms with Crippen LogP contribution in [-0.4, -0.2) is 82.0 Å². The number of aliphatic hydroxyl groups is 2. The lowest BCUT2D eigenvalue weighted by Crippen LogP contribution is -2.50. The second-order valence-corrected chi connectivity index (χ2v) is 11.6. The highest BCUT2D eigenvalue weighted by Gasteiger charge is 2.39. The number of ether oxygens (including phenoxy) is 2. The molecule has 43 heavy (non-hydrogen) atoms. The van der Waals surface area contributed by atoms with Crippen LogP contribution in [-0.2, 0) is 22.7 Å². The summed E-state index contributed by atoms with van der Waals surface area (Å²) in [4.78, 5) is 33.6. The molecule has 2 amide bonds. The fraction of sp³-hybridized carbons (Fsp3) is 0.424. The molecule has 4 N–H and O–H groups in total. The first kappa shape index (κ1) is 29.3. The Morgan fingerprint density at radius 2 is 1.84 bits per heavy atom. The molecule has 5 atom stereocenters. The number of fused-ring (bicyclic) bond motifs is 5. The summed E-state index contributed by atoms with van der Waals surface area (Å²) < 4.78 is 12.5. The van der Waals surface area contributed by atoms with Gasteiger partial charge in [0.2, 0.25) is 5.91 Å². The average molecular weight is 587 g/mol. The van der Waals surface area contributed by atoms with Crippen LogP contribution in [0.5, 0.6) is 5.75 Å². The minimum Gasteiger partial charge on any atom is -0.493 e. The number of likely N-dealkylation sites (tertiary alicyclic amines) is 1. The van der Waals surface area contributed by atoms with Gasteiger partial charge in [-0.05, 0) is 60.2 Å². The molecule has 2 saturated heterocycles. The summed E-state index contributed by atoms with van der Waals surface area (Å²) in [5, 5.41) is 26.2. The van der Waals surface area contributed by atoms with Crippen molar-refractivity contribution in [1.82, 2.24) is 20.5 Å². The van der Waals surface area contributed by atoms with Gasteiger partial charge in [0.25, 0.3) is 5.91 Å². The fourth-order valence-corrected chi connectivity index (χ4v) is 6.19. The summed E-state index contributed by atoms with van der Waals surface area (Å²) in [6.45, 7) is 1.46. The number of carbonyl (C=O) groups is 2. The lowest BCUT2D eigenvalue weighted by Gasteiger charge is -2.34. The van der Waals surface area contributed by atoms with Crippen molar-refractivity contribution in [2.24, 2.45) is 0 Å². The first-order valence-corrected chi connectivity index (χ1v) is 15.0. The number of nitrogens with one attached hydrogen (secondary N) is 2. The van der Waals surface area contributed by atoms with E-state index in [0.717, 1.165) is 22.4 Å². The zero-order valence-corrected chi connectivity index (χ0v) is 24.0. The maximum absolute atomic E-state index is 13.7. The zero-order chi connectivity index (χ0) is 29.8. The van der Waals surface area contributed by atoms with Gasteiger partial charge in [0.05, 0.1) is 42.7 Å². The van der Waals surface area contributed by atoms with E-state index in [1.54, 1.807) is 12.3 Å². The molecule has 0 radical (unpaired) electrons. The molecular weight excluding hydrogens is 548 g/mol. The third-order valence-electron chi connectivity index (χ3n) is 8.58. The third kappa shape index (κ3) is 6.88. The van der Waals surface area contributed by atoms with Gasteiger partial charge in [-0.3, -0.25) is 19.5 Å². The van der Waals surface area contributed by atoms with E-state index >= 15 is 0 Å². The van der Waals surface area contributed by atoms with Crippen LogP contribution in [0.3, 0.4) is 0 Å². The van der Waals surface area contributed by atoms with E-state index < -0.39 is 18.2 Å². The molecule has 3 aromatic rings. The zero-order valence-electron chi connectivity index (χ0n) is 24.0. The molecule has 0 aliphatic carbocycles. The highest BCUT2D eigenvalue weighted by Crippen LogP contribution is 2.30. The van der Waals surface area contributed by atoms with Crippen molar-refractivity contribution in [3.63, 3.8) is 0 Å². The predicted molar refractivity (Wildman–Crippen MR) is 159 cm³/mol. The highest BCUT2D eigenvalue weighted by atomic mass is 16.5. The number of rotatable bonds is 4. The molecule has 4 bridgehead atoms. The van der Waals surface area contributed by atoms with Crippen molar-refractivity contribution in [2.45, 2.75) is 69.2 Å². The number of hydrogen-bond donors (Lipinski definition) is 4. The highest BCUT2D eigenvalue weighted by molar-refractivity contribution is 5.98. The van der Waals surface area contributed by atoms with Gasteiger partial charge in [0, 0.05) is 38.3 Å². The van der Waals surface area contributed by atoms with E-state index in [4.69, 9.17) is 9.47 Å². The van der Waals surface area contributed by atoms with Crippen LogP contribution < -0.4 is 15.4 Å². The van der Waals surface area contributed by atoms with Gasteiger partial charge in [0.15, 0.2) is 0 Å². The fourth-order valence-electron chi connectivity index (χ4n) is 6.19. The average Bonchev–Trinajstić information content (AvgIpc) is 3.42. The second-order valence-electron chi connectivity index (χ2n) is 11.6. The van der Waals surface area contributed by atoms with E-state index in [-0.39, 0.29) is 37.1 Å². The topological polar surface area (TPSA) is 133 Å². The minimum absolute atomic E-state index is 0.0299. The summed E-state index contributed by atoms with van der Waals surface area (Å²) >= 11 is 0. The van der Waals surface area contributed by atoms with Gasteiger partial charge in [-0.15, -0.1) is 0 Å². The normalized spacial score (nSPS) is 26.6. The Labute approximate surface area is 251 Å². The standard InChI is InChI=1S/C33H38N4O6/c38-20-21-4-6-22(7-5-21)23-8-10-27-30(15-23)42-14-12-26-9-11-29(39)31(43-26)17-35-33(41)28-16-25(36-32(27)40)19-37(28)18-24-3-1-2-13-34-24/h1-8,10,13,15,25-26,28-29,31,38-39H,9,11-12,14,16-20H2,(H,35,41)(H,36,40)/t25-,26-,28-,29-,31+/m0/s1. The Morgan fingerprint density at radius 3 is 2.63 bits per heavy atom. The van der Waals surface area contributed by atoms with Crippen LogP contribution in [0.25, 0.3) is 11.1 Å². The first-order chi connectivity index (χ1) is 21.0. The Morgan fingerprint density at radius 1 is 1.00 bits per heavy atom. The van der Waals surface area contributed by atoms with Gasteiger partial charge >= 0.3 is 0 Å². The summed E-state index contributed by atoms with van der Waals surface area (Å²) in [6.07, 6.45) is 2.71. The third-order valence-corrected chi connectivity index (χ3v) is 8.58. The molecule has 0 spiro atoms. The lowest BCUT2D eigenvalue weighted by molar-refractivity contribution is -0.133. The van der Waals surface area contributed by atoms with Crippen molar-refractivity contribution in [1.29, 1.82) is 0 Å². The number of benzene rings is 2. The SMILES string of the molecule is O=C1N[C@H]2C[C@@H](C(=O)NC[C@H]3O[C@H](CCOc4cc(-c5ccc(CO)cc5)ccc41)CC[C@@H]3O)N(Cc1ccccn1)C2. The van der Waals surface area contributed by atoms with E-state index in [0.29, 0.717) is 56.7 Å². The molecule has 0 saturated carbocycles. The van der Waals surface area contributed by atoms with Gasteiger partial charge in [0.1, 0.15) is 11.9 Å². The van der Waals surface area contributed by atoms with Crippen molar-refractivity contribution in [2.75, 3.05) is 19.7 Å². The van der Waals surface area contributed by atoms with Crippen LogP contribution in [0.15, 0.2) is 66.9 Å². The molecule has 4 heterocycles. The monoisotopic (exact) mass is 586 g/mol. The minimum atomic E-state index is -0.655. The molecule has 2 fully saturated rings. The molecule has 0 unspecified atom stereocenters. The summed E-state index contributed by atoms with van der Waals surface area (Å²) in [5.74, 6) is 0.0573. The van der Waals surface area contributed by atoms with E-state index in [9.17, 15) is 19.8 Å². The maximum Gasteiger partial charge on any atom is 0.255 e. The number of carbonyl (C=O) groups excluding carboxylic acids is 2. The molecular formula is C33H38N4O6. The summed E-state index contributed by atoms with van der Waals surface area (Å²) in [6, 6.07) is 18.1. The van der Waals surface area contributed by atoms with Crippen LogP contribution in [0.4, 0.5) is 0 Å². The van der Waals surface area contributed by atoms with Crippen molar-refractivity contribution in [3.8, 4) is 16.9 Å². The maximum atomic E-state index is 13.7. The van der Waals surface area contributed by atoms with E-state index in [1.165, 1.54) is 0 Å². The largest absolute Gasteiger partial charge is 0.493 e. The molecule has 1 aromatic heterocycles. The quantitative estimate of drug-likeness (QED) is 0.367. The molecule has 10 heteroatoms. The van der Waals surface area contributed by atoms with Gasteiger partial charge in [-0.25, -0.2) is 0 Å². The van der Waals surface area contributed by atoms with Gasteiger partial charge in [-0.1, -0.05) is 36.4 Å². The second kappa shape index (κ2) is 13.2. The van der Waals surface area contributed by atoms with Gasteiger partial charge in [-0.2, -0.15) is 0 Å². The summed E-state index contributed by atoms with van der Waals surface area (Å²) in [5.41, 5.74) is 3.91. The van der Waals surface area contributed by atoms with Crippen molar-refractivity contribution in [3.05, 3.63) is 83.7 Å². The van der Waals surface area contributed by atoms with Crippen LogP contribution in [0.1, 0.15) is 47.3 Å². The number of amides is 2. The smallest absolute Gasteiger partial charge is 0.255 e. The number of nitrogens with zero attached hydrogens (tertiary/aromatic N) is 2. The number of pyridine rings is 1. The Hall–Kier alpha value is -3.83. The van der Waals surface area contributed by atoms with Crippen molar-refractivity contribution >= 4 is 11.8 Å².